The second kappa shape index (κ2) is 5.20. The van der Waals surface area contributed by atoms with Crippen LogP contribution >= 0.6 is 11.3 Å². The van der Waals surface area contributed by atoms with E-state index in [2.05, 4.69) is 4.72 Å². The molecule has 1 saturated heterocycles. The van der Waals surface area contributed by atoms with Crippen molar-refractivity contribution in [2.45, 2.75) is 36.6 Å². The maximum absolute atomic E-state index is 12.2. The van der Waals surface area contributed by atoms with Crippen LogP contribution in [-0.4, -0.2) is 38.2 Å². The molecule has 0 amide bonds. The molecule has 1 aromatic rings. The predicted molar refractivity (Wildman–Crippen MR) is 70.2 cm³/mol. The molecule has 1 fully saturated rings. The van der Waals surface area contributed by atoms with Gasteiger partial charge in [-0.05, 0) is 31.9 Å². The molecule has 0 spiro atoms. The van der Waals surface area contributed by atoms with Crippen LogP contribution < -0.4 is 4.72 Å². The maximum atomic E-state index is 12.2. The van der Waals surface area contributed by atoms with E-state index in [0.29, 0.717) is 18.6 Å². The number of carboxylic acid groups (broad SMARTS) is 1. The number of ether oxygens (including phenoxy) is 1. The van der Waals surface area contributed by atoms with Crippen LogP contribution in [0.2, 0.25) is 0 Å². The van der Waals surface area contributed by atoms with Gasteiger partial charge in [0.15, 0.2) is 0 Å². The SMILES string of the molecule is Cc1cc(S(=O)(=O)NC2CCOC2C)sc1C(=O)O. The minimum atomic E-state index is -3.69. The lowest BCUT2D eigenvalue weighted by molar-refractivity contribution is 0.0701. The highest BCUT2D eigenvalue weighted by Gasteiger charge is 2.30. The highest BCUT2D eigenvalue weighted by molar-refractivity contribution is 7.91. The normalized spacial score (nSPS) is 23.7. The quantitative estimate of drug-likeness (QED) is 0.872. The van der Waals surface area contributed by atoms with E-state index in [1.54, 1.807) is 6.92 Å². The van der Waals surface area contributed by atoms with Crippen molar-refractivity contribution in [2.75, 3.05) is 6.61 Å². The Balaban J connectivity index is 2.24. The fourth-order valence-electron chi connectivity index (χ4n) is 1.94. The molecule has 0 saturated carbocycles. The summed E-state index contributed by atoms with van der Waals surface area (Å²) in [6, 6.07) is 1.12. The van der Waals surface area contributed by atoms with Crippen molar-refractivity contribution in [1.29, 1.82) is 0 Å². The van der Waals surface area contributed by atoms with Crippen LogP contribution in [0.1, 0.15) is 28.6 Å². The minimum absolute atomic E-state index is 0.0292. The number of thiophene rings is 1. The van der Waals surface area contributed by atoms with E-state index >= 15 is 0 Å². The minimum Gasteiger partial charge on any atom is -0.477 e. The molecule has 106 valence electrons. The first-order valence-corrected chi connectivity index (χ1v) is 8.09. The number of nitrogens with one attached hydrogen (secondary N) is 1. The lowest BCUT2D eigenvalue weighted by atomic mass is 10.2. The molecule has 2 heterocycles. The van der Waals surface area contributed by atoms with Gasteiger partial charge in [-0.2, -0.15) is 0 Å². The van der Waals surface area contributed by atoms with Gasteiger partial charge in [0.25, 0.3) is 0 Å². The van der Waals surface area contributed by atoms with Crippen LogP contribution in [0.25, 0.3) is 0 Å². The van der Waals surface area contributed by atoms with E-state index < -0.39 is 16.0 Å². The molecule has 2 N–H and O–H groups in total. The van der Waals surface area contributed by atoms with Gasteiger partial charge in [0, 0.05) is 6.61 Å². The van der Waals surface area contributed by atoms with Crippen LogP contribution in [0.3, 0.4) is 0 Å². The first kappa shape index (κ1) is 14.4. The molecule has 0 aromatic carbocycles. The molecular formula is C11H15NO5S2. The summed E-state index contributed by atoms with van der Waals surface area (Å²) in [5.41, 5.74) is 0.452. The topological polar surface area (TPSA) is 92.7 Å². The molecule has 2 unspecified atom stereocenters. The van der Waals surface area contributed by atoms with Gasteiger partial charge in [-0.15, -0.1) is 11.3 Å². The first-order valence-electron chi connectivity index (χ1n) is 5.79. The van der Waals surface area contributed by atoms with E-state index in [4.69, 9.17) is 9.84 Å². The van der Waals surface area contributed by atoms with Gasteiger partial charge >= 0.3 is 5.97 Å². The molecule has 6 nitrogen and oxygen atoms in total. The molecular weight excluding hydrogens is 290 g/mol. The van der Waals surface area contributed by atoms with Gasteiger partial charge < -0.3 is 9.84 Å². The van der Waals surface area contributed by atoms with Crippen molar-refractivity contribution in [3.63, 3.8) is 0 Å². The van der Waals surface area contributed by atoms with E-state index in [1.165, 1.54) is 6.07 Å². The van der Waals surface area contributed by atoms with Crippen molar-refractivity contribution in [3.05, 3.63) is 16.5 Å². The van der Waals surface area contributed by atoms with Gasteiger partial charge in [-0.1, -0.05) is 0 Å². The van der Waals surface area contributed by atoms with Crippen molar-refractivity contribution >= 4 is 27.3 Å². The summed E-state index contributed by atoms with van der Waals surface area (Å²) in [5.74, 6) is -1.11. The summed E-state index contributed by atoms with van der Waals surface area (Å²) in [6.45, 7) is 3.92. The summed E-state index contributed by atoms with van der Waals surface area (Å²) in [5, 5.41) is 8.95. The number of rotatable bonds is 4. The third-order valence-corrected chi connectivity index (χ3v) is 6.23. The number of hydrogen-bond acceptors (Lipinski definition) is 5. The van der Waals surface area contributed by atoms with Crippen LogP contribution in [-0.2, 0) is 14.8 Å². The van der Waals surface area contributed by atoms with Gasteiger partial charge in [0.1, 0.15) is 9.09 Å². The second-order valence-electron chi connectivity index (χ2n) is 4.48. The molecule has 0 aliphatic carbocycles. The predicted octanol–water partition coefficient (Wildman–Crippen LogP) is 1.21. The van der Waals surface area contributed by atoms with E-state index in [0.717, 1.165) is 11.3 Å². The Bertz CT molecular complexity index is 592. The summed E-state index contributed by atoms with van der Waals surface area (Å²) >= 11 is 0.768. The van der Waals surface area contributed by atoms with Gasteiger partial charge in [-0.3, -0.25) is 0 Å². The molecule has 19 heavy (non-hydrogen) atoms. The van der Waals surface area contributed by atoms with Gasteiger partial charge in [-0.25, -0.2) is 17.9 Å². The molecule has 0 radical (unpaired) electrons. The average molecular weight is 305 g/mol. The van der Waals surface area contributed by atoms with E-state index in [-0.39, 0.29) is 21.2 Å². The van der Waals surface area contributed by atoms with E-state index in [1.807, 2.05) is 6.92 Å². The number of aromatic carboxylic acids is 1. The Labute approximate surface area is 115 Å². The molecule has 2 atom stereocenters. The van der Waals surface area contributed by atoms with Gasteiger partial charge in [0.2, 0.25) is 10.0 Å². The molecule has 8 heteroatoms. The third-order valence-electron chi connectivity index (χ3n) is 3.04. The Morgan fingerprint density at radius 1 is 1.58 bits per heavy atom. The van der Waals surface area contributed by atoms with Crippen LogP contribution in [0.15, 0.2) is 10.3 Å². The van der Waals surface area contributed by atoms with Crippen molar-refractivity contribution in [3.8, 4) is 0 Å². The van der Waals surface area contributed by atoms with Crippen LogP contribution in [0.4, 0.5) is 0 Å². The van der Waals surface area contributed by atoms with Crippen LogP contribution in [0, 0.1) is 6.92 Å². The van der Waals surface area contributed by atoms with Gasteiger partial charge in [0.05, 0.1) is 12.1 Å². The Kier molecular flexibility index (Phi) is 3.95. The smallest absolute Gasteiger partial charge is 0.346 e. The Hall–Kier alpha value is -0.960. The highest BCUT2D eigenvalue weighted by atomic mass is 32.2. The molecule has 1 aliphatic heterocycles. The second-order valence-corrected chi connectivity index (χ2v) is 7.47. The maximum Gasteiger partial charge on any atom is 0.346 e. The molecule has 2 rings (SSSR count). The summed E-state index contributed by atoms with van der Waals surface area (Å²) < 4.78 is 32.2. The van der Waals surface area contributed by atoms with Crippen molar-refractivity contribution < 1.29 is 23.1 Å². The number of carboxylic acids is 1. The summed E-state index contributed by atoms with van der Waals surface area (Å²) in [4.78, 5) is 11.0. The van der Waals surface area contributed by atoms with E-state index in [9.17, 15) is 13.2 Å². The standard InChI is InChI=1S/C11H15NO5S2/c1-6-5-9(18-10(6)11(13)14)19(15,16)12-8-3-4-17-7(8)2/h5,7-8,12H,3-4H2,1-2H3,(H,13,14). The lowest BCUT2D eigenvalue weighted by Crippen LogP contribution is -2.38. The first-order chi connectivity index (χ1) is 8.81. The fourth-order valence-corrected chi connectivity index (χ4v) is 4.67. The summed E-state index contributed by atoms with van der Waals surface area (Å²) in [6.07, 6.45) is 0.450. The summed E-state index contributed by atoms with van der Waals surface area (Å²) in [7, 11) is -3.69. The monoisotopic (exact) mass is 305 g/mol. The average Bonchev–Trinajstić information content (AvgIpc) is 2.86. The van der Waals surface area contributed by atoms with Crippen LogP contribution in [0.5, 0.6) is 0 Å². The Morgan fingerprint density at radius 3 is 2.74 bits per heavy atom. The third kappa shape index (κ3) is 2.97. The largest absolute Gasteiger partial charge is 0.477 e. The number of hydrogen-bond donors (Lipinski definition) is 2. The number of aryl methyl sites for hydroxylation is 1. The fraction of sp³-hybridized carbons (Fsp3) is 0.545. The zero-order valence-electron chi connectivity index (χ0n) is 10.5. The number of carbonyl (C=O) groups is 1. The number of sulfonamides is 1. The lowest BCUT2D eigenvalue weighted by Gasteiger charge is -2.15. The highest BCUT2D eigenvalue weighted by Crippen LogP contribution is 2.27. The van der Waals surface area contributed by atoms with Crippen molar-refractivity contribution in [1.82, 2.24) is 4.72 Å². The molecule has 1 aromatic heterocycles. The molecule has 1 aliphatic rings. The zero-order valence-corrected chi connectivity index (χ0v) is 12.2. The van der Waals surface area contributed by atoms with Crippen molar-refractivity contribution in [2.24, 2.45) is 0 Å². The Morgan fingerprint density at radius 2 is 2.26 bits per heavy atom. The molecule has 0 bridgehead atoms. The zero-order chi connectivity index (χ0) is 14.2.